The molecule has 1 unspecified atom stereocenters. The molecular formula is C23H25N3O3. The van der Waals surface area contributed by atoms with E-state index in [2.05, 4.69) is 20.9 Å². The van der Waals surface area contributed by atoms with E-state index in [1.165, 1.54) is 0 Å². The maximum absolute atomic E-state index is 10.8. The van der Waals surface area contributed by atoms with Crippen molar-refractivity contribution in [2.24, 2.45) is 11.3 Å². The van der Waals surface area contributed by atoms with Crippen LogP contribution >= 0.6 is 0 Å². The third-order valence-electron chi connectivity index (χ3n) is 6.48. The van der Waals surface area contributed by atoms with Crippen LogP contribution in [0.5, 0.6) is 11.5 Å². The summed E-state index contributed by atoms with van der Waals surface area (Å²) in [7, 11) is 3.31. The minimum atomic E-state index is -0.520. The van der Waals surface area contributed by atoms with Gasteiger partial charge in [-0.05, 0) is 49.1 Å². The van der Waals surface area contributed by atoms with Gasteiger partial charge in [0.2, 0.25) is 0 Å². The number of methoxy groups -OCH3 is 2. The van der Waals surface area contributed by atoms with Crippen LogP contribution < -0.4 is 14.4 Å². The predicted octanol–water partition coefficient (Wildman–Crippen LogP) is 3.60. The van der Waals surface area contributed by atoms with Gasteiger partial charge in [0.25, 0.3) is 0 Å². The molecule has 1 spiro atoms. The molecule has 6 heteroatoms. The number of fused-ring (bicyclic) bond motifs is 1. The van der Waals surface area contributed by atoms with Gasteiger partial charge in [-0.15, -0.1) is 0 Å². The molecule has 1 saturated carbocycles. The van der Waals surface area contributed by atoms with E-state index >= 15 is 0 Å². The van der Waals surface area contributed by atoms with E-state index in [0.717, 1.165) is 53.8 Å². The van der Waals surface area contributed by atoms with Crippen molar-refractivity contribution in [3.05, 3.63) is 54.5 Å². The molecule has 6 nitrogen and oxygen atoms in total. The SMILES string of the molecule is COc1ccc2ncc(N3CC4(CC(C(O)c5cnccc5OC)C4)C3)cc2c1. The van der Waals surface area contributed by atoms with Crippen LogP contribution in [0.1, 0.15) is 24.5 Å². The van der Waals surface area contributed by atoms with Gasteiger partial charge < -0.3 is 19.5 Å². The zero-order chi connectivity index (χ0) is 20.0. The highest BCUT2D eigenvalue weighted by Crippen LogP contribution is 2.56. The van der Waals surface area contributed by atoms with Crippen LogP contribution in [0.25, 0.3) is 10.9 Å². The Hall–Kier alpha value is -2.86. The number of aromatic nitrogens is 2. The van der Waals surface area contributed by atoms with E-state index in [4.69, 9.17) is 9.47 Å². The standard InChI is InChI=1S/C23H25N3O3/c1-28-18-3-4-20-15(8-18)7-17(11-25-20)26-13-23(14-26)9-16(10-23)22(27)19-12-24-6-5-21(19)29-2/h3-8,11-12,16,22,27H,9-10,13-14H2,1-2H3. The van der Waals surface area contributed by atoms with E-state index < -0.39 is 6.10 Å². The number of ether oxygens (including phenoxy) is 2. The van der Waals surface area contributed by atoms with Crippen LogP contribution in [-0.2, 0) is 0 Å². The monoisotopic (exact) mass is 391 g/mol. The largest absolute Gasteiger partial charge is 0.497 e. The number of anilines is 1. The summed E-state index contributed by atoms with van der Waals surface area (Å²) in [6.07, 6.45) is 6.89. The van der Waals surface area contributed by atoms with E-state index in [9.17, 15) is 5.11 Å². The molecule has 1 atom stereocenters. The summed E-state index contributed by atoms with van der Waals surface area (Å²) in [4.78, 5) is 11.1. The Morgan fingerprint density at radius 1 is 1.10 bits per heavy atom. The number of pyridine rings is 2. The summed E-state index contributed by atoms with van der Waals surface area (Å²) in [6.45, 7) is 2.02. The molecule has 0 bridgehead atoms. The molecule has 1 aliphatic carbocycles. The second-order valence-electron chi connectivity index (χ2n) is 8.34. The summed E-state index contributed by atoms with van der Waals surface area (Å²) in [6, 6.07) is 9.94. The number of rotatable bonds is 5. The molecule has 3 aromatic rings. The first-order valence-electron chi connectivity index (χ1n) is 9.95. The first-order valence-corrected chi connectivity index (χ1v) is 9.95. The van der Waals surface area contributed by atoms with Crippen molar-refractivity contribution in [1.29, 1.82) is 0 Å². The third-order valence-corrected chi connectivity index (χ3v) is 6.48. The molecule has 1 saturated heterocycles. The number of hydrogen-bond acceptors (Lipinski definition) is 6. The third kappa shape index (κ3) is 3.08. The van der Waals surface area contributed by atoms with E-state index in [0.29, 0.717) is 11.2 Å². The van der Waals surface area contributed by atoms with Crippen molar-refractivity contribution >= 4 is 16.6 Å². The number of aliphatic hydroxyl groups excluding tert-OH is 1. The van der Waals surface area contributed by atoms with Gasteiger partial charge in [-0.1, -0.05) is 0 Å². The Morgan fingerprint density at radius 2 is 1.93 bits per heavy atom. The number of hydrogen-bond donors (Lipinski definition) is 1. The molecular weight excluding hydrogens is 366 g/mol. The van der Waals surface area contributed by atoms with Crippen LogP contribution in [0.2, 0.25) is 0 Å². The number of nitrogens with zero attached hydrogens (tertiary/aromatic N) is 3. The smallest absolute Gasteiger partial charge is 0.127 e. The molecule has 150 valence electrons. The molecule has 3 heterocycles. The van der Waals surface area contributed by atoms with Crippen LogP contribution in [0.3, 0.4) is 0 Å². The zero-order valence-corrected chi connectivity index (χ0v) is 16.7. The number of benzene rings is 1. The molecule has 2 aliphatic rings. The highest BCUT2D eigenvalue weighted by molar-refractivity contribution is 5.83. The maximum atomic E-state index is 10.8. The average molecular weight is 391 g/mol. The minimum absolute atomic E-state index is 0.259. The molecule has 2 fully saturated rings. The second kappa shape index (κ2) is 6.88. The lowest BCUT2D eigenvalue weighted by molar-refractivity contribution is -0.0516. The molecule has 5 rings (SSSR count). The Balaban J connectivity index is 1.24. The Bertz CT molecular complexity index is 1040. The van der Waals surface area contributed by atoms with Gasteiger partial charge in [-0.25, -0.2) is 0 Å². The van der Waals surface area contributed by atoms with Gasteiger partial charge in [-0.3, -0.25) is 9.97 Å². The Labute approximate surface area is 170 Å². The summed E-state index contributed by atoms with van der Waals surface area (Å²) in [5.74, 6) is 1.81. The molecule has 0 radical (unpaired) electrons. The van der Waals surface area contributed by atoms with Crippen LogP contribution in [0, 0.1) is 11.3 Å². The van der Waals surface area contributed by atoms with Crippen molar-refractivity contribution in [2.45, 2.75) is 18.9 Å². The summed E-state index contributed by atoms with van der Waals surface area (Å²) in [5, 5.41) is 11.9. The molecule has 1 aromatic carbocycles. The first-order chi connectivity index (χ1) is 14.1. The van der Waals surface area contributed by atoms with E-state index in [1.807, 2.05) is 24.4 Å². The lowest BCUT2D eigenvalue weighted by Crippen LogP contribution is -2.63. The molecule has 1 aliphatic heterocycles. The summed E-state index contributed by atoms with van der Waals surface area (Å²) >= 11 is 0. The van der Waals surface area contributed by atoms with Crippen LogP contribution in [0.4, 0.5) is 5.69 Å². The highest BCUT2D eigenvalue weighted by atomic mass is 16.5. The van der Waals surface area contributed by atoms with Gasteiger partial charge in [-0.2, -0.15) is 0 Å². The van der Waals surface area contributed by atoms with Crippen molar-refractivity contribution in [1.82, 2.24) is 9.97 Å². The normalized spacial score (nSPS) is 18.9. The number of aliphatic hydroxyl groups is 1. The van der Waals surface area contributed by atoms with Crippen molar-refractivity contribution in [2.75, 3.05) is 32.2 Å². The first kappa shape index (κ1) is 18.2. The van der Waals surface area contributed by atoms with Gasteiger partial charge in [0.05, 0.1) is 37.7 Å². The quantitative estimate of drug-likeness (QED) is 0.717. The molecule has 1 N–H and O–H groups in total. The fourth-order valence-electron chi connectivity index (χ4n) is 4.93. The van der Waals surface area contributed by atoms with Crippen LogP contribution in [0.15, 0.2) is 48.9 Å². The Morgan fingerprint density at radius 3 is 2.69 bits per heavy atom. The lowest BCUT2D eigenvalue weighted by Gasteiger charge is -2.60. The van der Waals surface area contributed by atoms with Crippen molar-refractivity contribution in [3.63, 3.8) is 0 Å². The highest BCUT2D eigenvalue weighted by Gasteiger charge is 2.54. The fourth-order valence-corrected chi connectivity index (χ4v) is 4.93. The topological polar surface area (TPSA) is 67.7 Å². The van der Waals surface area contributed by atoms with Gasteiger partial charge in [0.1, 0.15) is 11.5 Å². The summed E-state index contributed by atoms with van der Waals surface area (Å²) < 4.78 is 10.7. The molecule has 2 aromatic heterocycles. The van der Waals surface area contributed by atoms with Gasteiger partial charge in [0, 0.05) is 41.8 Å². The molecule has 0 amide bonds. The second-order valence-corrected chi connectivity index (χ2v) is 8.34. The lowest BCUT2D eigenvalue weighted by atomic mass is 9.55. The molecule has 29 heavy (non-hydrogen) atoms. The minimum Gasteiger partial charge on any atom is -0.497 e. The summed E-state index contributed by atoms with van der Waals surface area (Å²) in [5.41, 5.74) is 3.22. The maximum Gasteiger partial charge on any atom is 0.127 e. The predicted molar refractivity (Wildman–Crippen MR) is 111 cm³/mol. The Kier molecular flexibility index (Phi) is 4.32. The van der Waals surface area contributed by atoms with Crippen LogP contribution in [-0.4, -0.2) is 42.4 Å². The van der Waals surface area contributed by atoms with Crippen molar-refractivity contribution < 1.29 is 14.6 Å². The van der Waals surface area contributed by atoms with E-state index in [1.54, 1.807) is 32.7 Å². The average Bonchev–Trinajstić information content (AvgIpc) is 2.70. The van der Waals surface area contributed by atoms with Gasteiger partial charge >= 0.3 is 0 Å². The van der Waals surface area contributed by atoms with Gasteiger partial charge in [0.15, 0.2) is 0 Å². The fraction of sp³-hybridized carbons (Fsp3) is 0.391. The zero-order valence-electron chi connectivity index (χ0n) is 16.7. The van der Waals surface area contributed by atoms with E-state index in [-0.39, 0.29) is 5.92 Å². The van der Waals surface area contributed by atoms with Crippen molar-refractivity contribution in [3.8, 4) is 11.5 Å².